The molecule has 0 bridgehead atoms. The Kier molecular flexibility index (Phi) is 4.17. The van der Waals surface area contributed by atoms with Crippen molar-refractivity contribution in [3.8, 4) is 0 Å². The first kappa shape index (κ1) is 15.0. The molecule has 0 atom stereocenters. The van der Waals surface area contributed by atoms with Crippen LogP contribution in [0.4, 0.5) is 5.69 Å². The van der Waals surface area contributed by atoms with Crippen LogP contribution >= 0.6 is 27.3 Å². The minimum Gasteiger partial charge on any atom is -0.478 e. The highest BCUT2D eigenvalue weighted by atomic mass is 79.9. The molecule has 20 heavy (non-hydrogen) atoms. The van der Waals surface area contributed by atoms with Gasteiger partial charge in [-0.2, -0.15) is 0 Å². The molecule has 2 aromatic rings. The zero-order valence-corrected chi connectivity index (χ0v) is 13.5. The maximum absolute atomic E-state index is 12.1. The summed E-state index contributed by atoms with van der Waals surface area (Å²) in [6.45, 7) is 1.84. The average Bonchev–Trinajstić information content (AvgIpc) is 2.84. The highest BCUT2D eigenvalue weighted by molar-refractivity contribution is 9.10. The highest BCUT2D eigenvalue weighted by Gasteiger charge is 2.19. The van der Waals surface area contributed by atoms with Gasteiger partial charge in [0.05, 0.1) is 5.56 Å². The van der Waals surface area contributed by atoms with E-state index >= 15 is 0 Å². The molecule has 1 aromatic heterocycles. The number of sulfonamides is 1. The topological polar surface area (TPSA) is 83.5 Å². The summed E-state index contributed by atoms with van der Waals surface area (Å²) in [5, 5.41) is 10.1. The number of hydrogen-bond acceptors (Lipinski definition) is 4. The van der Waals surface area contributed by atoms with Crippen LogP contribution in [0.5, 0.6) is 0 Å². The molecule has 106 valence electrons. The molecular weight excluding hydrogens is 366 g/mol. The fourth-order valence-corrected chi connectivity index (χ4v) is 3.93. The first-order valence-electron chi connectivity index (χ1n) is 5.40. The molecule has 8 heteroatoms. The smallest absolute Gasteiger partial charge is 0.336 e. The molecule has 0 unspecified atom stereocenters. The summed E-state index contributed by atoms with van der Waals surface area (Å²) in [4.78, 5) is 10.8. The van der Waals surface area contributed by atoms with E-state index in [2.05, 4.69) is 20.7 Å². The van der Waals surface area contributed by atoms with Crippen molar-refractivity contribution in [2.45, 2.75) is 11.1 Å². The van der Waals surface area contributed by atoms with Gasteiger partial charge in [0.1, 0.15) is 4.21 Å². The van der Waals surface area contributed by atoms with Crippen LogP contribution in [0.1, 0.15) is 15.9 Å². The monoisotopic (exact) mass is 375 g/mol. The lowest BCUT2D eigenvalue weighted by atomic mass is 10.2. The highest BCUT2D eigenvalue weighted by Crippen LogP contribution is 2.25. The van der Waals surface area contributed by atoms with Crippen LogP contribution in [0.2, 0.25) is 0 Å². The normalized spacial score (nSPS) is 11.3. The Balaban J connectivity index is 2.30. The first-order valence-corrected chi connectivity index (χ1v) is 8.56. The number of nitrogens with one attached hydrogen (secondary N) is 1. The van der Waals surface area contributed by atoms with Crippen molar-refractivity contribution in [1.29, 1.82) is 0 Å². The van der Waals surface area contributed by atoms with E-state index in [1.165, 1.54) is 5.38 Å². The Bertz CT molecular complexity index is 768. The van der Waals surface area contributed by atoms with Crippen LogP contribution in [0.25, 0.3) is 0 Å². The van der Waals surface area contributed by atoms with E-state index in [-0.39, 0.29) is 9.77 Å². The Hall–Kier alpha value is -1.38. The molecule has 0 aliphatic carbocycles. The van der Waals surface area contributed by atoms with Gasteiger partial charge in [0.15, 0.2) is 0 Å². The van der Waals surface area contributed by atoms with E-state index in [4.69, 9.17) is 5.11 Å². The molecule has 0 fully saturated rings. The summed E-state index contributed by atoms with van der Waals surface area (Å²) in [6.07, 6.45) is 0. The van der Waals surface area contributed by atoms with Gasteiger partial charge < -0.3 is 5.11 Å². The van der Waals surface area contributed by atoms with E-state index in [1.807, 2.05) is 6.92 Å². The molecule has 1 heterocycles. The SMILES string of the molecule is Cc1cc(NS(=O)(=O)c2cc(C(=O)O)cs2)ccc1Br. The minimum absolute atomic E-state index is 0.0320. The van der Waals surface area contributed by atoms with Crippen molar-refractivity contribution in [2.24, 2.45) is 0 Å². The predicted molar refractivity (Wildman–Crippen MR) is 81.0 cm³/mol. The average molecular weight is 376 g/mol. The number of carbonyl (C=O) groups is 1. The molecule has 1 aromatic carbocycles. The van der Waals surface area contributed by atoms with E-state index in [1.54, 1.807) is 18.2 Å². The van der Waals surface area contributed by atoms with Gasteiger partial charge in [-0.1, -0.05) is 15.9 Å². The maximum Gasteiger partial charge on any atom is 0.336 e. The molecule has 2 N–H and O–H groups in total. The van der Waals surface area contributed by atoms with Crippen molar-refractivity contribution in [1.82, 2.24) is 0 Å². The lowest BCUT2D eigenvalue weighted by Gasteiger charge is -2.07. The standard InChI is InChI=1S/C12H10BrNO4S2/c1-7-4-9(2-3-10(7)13)14-20(17,18)11-5-8(6-19-11)12(15)16/h2-6,14H,1H3,(H,15,16). The van der Waals surface area contributed by atoms with Gasteiger partial charge in [-0.3, -0.25) is 4.72 Å². The number of hydrogen-bond donors (Lipinski definition) is 2. The van der Waals surface area contributed by atoms with E-state index in [9.17, 15) is 13.2 Å². The molecule has 2 rings (SSSR count). The summed E-state index contributed by atoms with van der Waals surface area (Å²) >= 11 is 4.20. The fourth-order valence-electron chi connectivity index (χ4n) is 1.48. The van der Waals surface area contributed by atoms with Gasteiger partial charge >= 0.3 is 5.97 Å². The molecule has 0 aliphatic rings. The summed E-state index contributed by atoms with van der Waals surface area (Å²) in [6, 6.07) is 6.19. The van der Waals surface area contributed by atoms with E-state index in [0.29, 0.717) is 5.69 Å². The second-order valence-electron chi connectivity index (χ2n) is 4.03. The molecule has 0 saturated carbocycles. The van der Waals surface area contributed by atoms with Crippen LogP contribution in [0.3, 0.4) is 0 Å². The van der Waals surface area contributed by atoms with Gasteiger partial charge in [0.2, 0.25) is 0 Å². The van der Waals surface area contributed by atoms with Crippen LogP contribution in [0, 0.1) is 6.92 Å². The lowest BCUT2D eigenvalue weighted by molar-refractivity contribution is 0.0697. The number of benzene rings is 1. The summed E-state index contributed by atoms with van der Waals surface area (Å²) in [7, 11) is -3.77. The summed E-state index contributed by atoms with van der Waals surface area (Å²) < 4.78 is 27.5. The predicted octanol–water partition coefficient (Wildman–Crippen LogP) is 3.32. The zero-order chi connectivity index (χ0) is 14.9. The fraction of sp³-hybridized carbons (Fsp3) is 0.0833. The van der Waals surface area contributed by atoms with Crippen molar-refractivity contribution < 1.29 is 18.3 Å². The quantitative estimate of drug-likeness (QED) is 0.858. The number of rotatable bonds is 4. The van der Waals surface area contributed by atoms with Crippen molar-refractivity contribution >= 4 is 48.9 Å². The first-order chi connectivity index (χ1) is 9.29. The third-order valence-electron chi connectivity index (χ3n) is 2.50. The zero-order valence-electron chi connectivity index (χ0n) is 10.3. The minimum atomic E-state index is -3.77. The largest absolute Gasteiger partial charge is 0.478 e. The van der Waals surface area contributed by atoms with Crippen LogP contribution < -0.4 is 4.72 Å². The van der Waals surface area contributed by atoms with Crippen LogP contribution in [-0.2, 0) is 10.0 Å². The third-order valence-corrected chi connectivity index (χ3v) is 6.21. The Morgan fingerprint density at radius 3 is 2.60 bits per heavy atom. The molecule has 0 aliphatic heterocycles. The Labute approximate surface area is 128 Å². The Morgan fingerprint density at radius 1 is 1.35 bits per heavy atom. The molecule has 0 amide bonds. The number of thiophene rings is 1. The Morgan fingerprint density at radius 2 is 2.05 bits per heavy atom. The number of carboxylic acid groups (broad SMARTS) is 1. The van der Waals surface area contributed by atoms with Crippen molar-refractivity contribution in [3.05, 3.63) is 45.2 Å². The van der Waals surface area contributed by atoms with Crippen LogP contribution in [-0.4, -0.2) is 19.5 Å². The van der Waals surface area contributed by atoms with Crippen molar-refractivity contribution in [2.75, 3.05) is 4.72 Å². The molecule has 0 spiro atoms. The van der Waals surface area contributed by atoms with Gasteiger partial charge in [-0.15, -0.1) is 11.3 Å². The molecular formula is C12H10BrNO4S2. The van der Waals surface area contributed by atoms with Gasteiger partial charge in [0.25, 0.3) is 10.0 Å². The van der Waals surface area contributed by atoms with E-state index < -0.39 is 16.0 Å². The second kappa shape index (κ2) is 5.55. The molecule has 5 nitrogen and oxygen atoms in total. The van der Waals surface area contributed by atoms with Gasteiger partial charge in [0, 0.05) is 15.5 Å². The number of aryl methyl sites for hydroxylation is 1. The van der Waals surface area contributed by atoms with E-state index in [0.717, 1.165) is 27.4 Å². The number of aromatic carboxylic acids is 1. The number of halogens is 1. The van der Waals surface area contributed by atoms with Gasteiger partial charge in [-0.25, -0.2) is 13.2 Å². The van der Waals surface area contributed by atoms with Crippen molar-refractivity contribution in [3.63, 3.8) is 0 Å². The van der Waals surface area contributed by atoms with Gasteiger partial charge in [-0.05, 0) is 36.8 Å². The lowest BCUT2D eigenvalue weighted by Crippen LogP contribution is -2.11. The third kappa shape index (κ3) is 3.20. The summed E-state index contributed by atoms with van der Waals surface area (Å²) in [5.41, 5.74) is 1.28. The molecule has 0 radical (unpaired) electrons. The maximum atomic E-state index is 12.1. The summed E-state index contributed by atoms with van der Waals surface area (Å²) in [5.74, 6) is -1.15. The van der Waals surface area contributed by atoms with Crippen LogP contribution in [0.15, 0.2) is 38.3 Å². The second-order valence-corrected chi connectivity index (χ2v) is 7.70. The number of carboxylic acids is 1. The molecule has 0 saturated heterocycles. The number of anilines is 1.